The average molecular weight is 196 g/mol. The topological polar surface area (TPSA) is 82.2 Å². The fraction of sp³-hybridized carbons (Fsp3) is 0.333. The third-order valence-corrected chi connectivity index (χ3v) is 1.75. The molecule has 0 radical (unpaired) electrons. The number of aliphatic carboxylic acids is 1. The molecule has 5 heteroatoms. The molecule has 1 rings (SSSR count). The SMILES string of the molecule is CC(=O)NC(CC(=O)O)c1ccc[nH]1. The molecule has 0 spiro atoms. The Bertz CT molecular complexity index is 303. The Balaban J connectivity index is 2.71. The predicted molar refractivity (Wildman–Crippen MR) is 49.6 cm³/mol. The first-order valence-electron chi connectivity index (χ1n) is 4.22. The third kappa shape index (κ3) is 2.93. The second-order valence-electron chi connectivity index (χ2n) is 2.98. The van der Waals surface area contributed by atoms with Crippen molar-refractivity contribution in [3.8, 4) is 0 Å². The van der Waals surface area contributed by atoms with Gasteiger partial charge in [0.2, 0.25) is 5.91 Å². The smallest absolute Gasteiger partial charge is 0.305 e. The molecule has 0 fully saturated rings. The Morgan fingerprint density at radius 1 is 1.64 bits per heavy atom. The van der Waals surface area contributed by atoms with Gasteiger partial charge in [-0.15, -0.1) is 0 Å². The number of hydrogen-bond acceptors (Lipinski definition) is 2. The predicted octanol–water partition coefficient (Wildman–Crippen LogP) is 0.667. The molecule has 1 amide bonds. The van der Waals surface area contributed by atoms with E-state index in [0.717, 1.165) is 0 Å². The maximum absolute atomic E-state index is 10.8. The van der Waals surface area contributed by atoms with Gasteiger partial charge < -0.3 is 15.4 Å². The summed E-state index contributed by atoms with van der Waals surface area (Å²) in [6.07, 6.45) is 1.56. The molecule has 1 heterocycles. The molecular formula is C9H12N2O3. The Labute approximate surface area is 81.1 Å². The number of aromatic amines is 1. The van der Waals surface area contributed by atoms with Crippen LogP contribution in [0, 0.1) is 0 Å². The molecular weight excluding hydrogens is 184 g/mol. The molecule has 0 aliphatic heterocycles. The highest BCUT2D eigenvalue weighted by atomic mass is 16.4. The van der Waals surface area contributed by atoms with E-state index >= 15 is 0 Å². The minimum absolute atomic E-state index is 0.125. The van der Waals surface area contributed by atoms with E-state index in [4.69, 9.17) is 5.11 Å². The molecule has 1 unspecified atom stereocenters. The van der Waals surface area contributed by atoms with Gasteiger partial charge in [-0.25, -0.2) is 0 Å². The summed E-state index contributed by atoms with van der Waals surface area (Å²) in [6, 6.07) is 3.01. The van der Waals surface area contributed by atoms with Crippen LogP contribution in [-0.4, -0.2) is 22.0 Å². The molecule has 0 saturated carbocycles. The lowest BCUT2D eigenvalue weighted by molar-refractivity contribution is -0.137. The van der Waals surface area contributed by atoms with E-state index in [2.05, 4.69) is 10.3 Å². The molecule has 1 atom stereocenters. The lowest BCUT2D eigenvalue weighted by atomic mass is 10.1. The van der Waals surface area contributed by atoms with E-state index in [1.165, 1.54) is 6.92 Å². The number of rotatable bonds is 4. The van der Waals surface area contributed by atoms with Crippen LogP contribution in [0.3, 0.4) is 0 Å². The Morgan fingerprint density at radius 2 is 2.36 bits per heavy atom. The first-order chi connectivity index (χ1) is 6.59. The maximum Gasteiger partial charge on any atom is 0.305 e. The van der Waals surface area contributed by atoms with Crippen molar-refractivity contribution in [3.63, 3.8) is 0 Å². The minimum atomic E-state index is -0.946. The molecule has 0 aliphatic carbocycles. The standard InChI is InChI=1S/C9H12N2O3/c1-6(12)11-8(5-9(13)14)7-3-2-4-10-7/h2-4,8,10H,5H2,1H3,(H,11,12)(H,13,14). The first-order valence-corrected chi connectivity index (χ1v) is 4.22. The second-order valence-corrected chi connectivity index (χ2v) is 2.98. The van der Waals surface area contributed by atoms with Crippen molar-refractivity contribution in [2.24, 2.45) is 0 Å². The molecule has 0 bridgehead atoms. The Hall–Kier alpha value is -1.78. The van der Waals surface area contributed by atoms with E-state index in [1.54, 1.807) is 18.3 Å². The van der Waals surface area contributed by atoms with Crippen molar-refractivity contribution in [1.29, 1.82) is 0 Å². The minimum Gasteiger partial charge on any atom is -0.481 e. The number of hydrogen-bond donors (Lipinski definition) is 3. The van der Waals surface area contributed by atoms with Crippen LogP contribution in [0.5, 0.6) is 0 Å². The van der Waals surface area contributed by atoms with Crippen molar-refractivity contribution in [1.82, 2.24) is 10.3 Å². The lowest BCUT2D eigenvalue weighted by Gasteiger charge is -2.13. The van der Waals surface area contributed by atoms with Gasteiger partial charge in [0.25, 0.3) is 0 Å². The van der Waals surface area contributed by atoms with Crippen molar-refractivity contribution in [3.05, 3.63) is 24.0 Å². The van der Waals surface area contributed by atoms with E-state index in [9.17, 15) is 9.59 Å². The van der Waals surface area contributed by atoms with Crippen LogP contribution in [0.1, 0.15) is 25.1 Å². The van der Waals surface area contributed by atoms with Crippen molar-refractivity contribution >= 4 is 11.9 Å². The third-order valence-electron chi connectivity index (χ3n) is 1.75. The van der Waals surface area contributed by atoms with Crippen LogP contribution in [-0.2, 0) is 9.59 Å². The van der Waals surface area contributed by atoms with Gasteiger partial charge >= 0.3 is 5.97 Å². The molecule has 3 N–H and O–H groups in total. The second kappa shape index (κ2) is 4.45. The van der Waals surface area contributed by atoms with Crippen molar-refractivity contribution in [2.75, 3.05) is 0 Å². The normalized spacial score (nSPS) is 12.1. The summed E-state index contributed by atoms with van der Waals surface area (Å²) in [5.74, 6) is -1.19. The highest BCUT2D eigenvalue weighted by Crippen LogP contribution is 2.14. The zero-order valence-electron chi connectivity index (χ0n) is 7.78. The zero-order chi connectivity index (χ0) is 10.6. The highest BCUT2D eigenvalue weighted by Gasteiger charge is 2.16. The zero-order valence-corrected chi connectivity index (χ0v) is 7.78. The van der Waals surface area contributed by atoms with Crippen LogP contribution in [0.15, 0.2) is 18.3 Å². The van der Waals surface area contributed by atoms with Gasteiger partial charge in [-0.2, -0.15) is 0 Å². The van der Waals surface area contributed by atoms with E-state index in [0.29, 0.717) is 5.69 Å². The number of carbonyl (C=O) groups excluding carboxylic acids is 1. The van der Waals surface area contributed by atoms with Gasteiger partial charge in [-0.1, -0.05) is 0 Å². The summed E-state index contributed by atoms with van der Waals surface area (Å²) in [6.45, 7) is 1.36. The molecule has 0 aromatic carbocycles. The fourth-order valence-electron chi connectivity index (χ4n) is 1.22. The van der Waals surface area contributed by atoms with Crippen LogP contribution in [0.2, 0.25) is 0 Å². The number of carboxylic acids is 1. The summed E-state index contributed by atoms with van der Waals surface area (Å²) in [4.78, 5) is 24.2. The number of nitrogens with one attached hydrogen (secondary N) is 2. The van der Waals surface area contributed by atoms with Gasteiger partial charge in [0.1, 0.15) is 0 Å². The average Bonchev–Trinajstić information content (AvgIpc) is 2.52. The molecule has 5 nitrogen and oxygen atoms in total. The van der Waals surface area contributed by atoms with E-state index in [-0.39, 0.29) is 12.3 Å². The number of amides is 1. The molecule has 14 heavy (non-hydrogen) atoms. The monoisotopic (exact) mass is 196 g/mol. The van der Waals surface area contributed by atoms with Crippen LogP contribution >= 0.6 is 0 Å². The van der Waals surface area contributed by atoms with E-state index < -0.39 is 12.0 Å². The summed E-state index contributed by atoms with van der Waals surface area (Å²) in [5, 5.41) is 11.2. The quantitative estimate of drug-likeness (QED) is 0.661. The van der Waals surface area contributed by atoms with Crippen LogP contribution in [0.4, 0.5) is 0 Å². The van der Waals surface area contributed by atoms with E-state index in [1.807, 2.05) is 0 Å². The largest absolute Gasteiger partial charge is 0.481 e. The summed E-state index contributed by atoms with van der Waals surface area (Å²) in [7, 11) is 0. The molecule has 0 saturated heterocycles. The Morgan fingerprint density at radius 3 is 2.79 bits per heavy atom. The lowest BCUT2D eigenvalue weighted by Crippen LogP contribution is -2.28. The molecule has 76 valence electrons. The maximum atomic E-state index is 10.8. The number of aromatic nitrogens is 1. The molecule has 1 aromatic rings. The van der Waals surface area contributed by atoms with Gasteiger partial charge in [0.05, 0.1) is 12.5 Å². The summed E-state index contributed by atoms with van der Waals surface area (Å²) >= 11 is 0. The van der Waals surface area contributed by atoms with Crippen LogP contribution < -0.4 is 5.32 Å². The number of H-pyrrole nitrogens is 1. The Kier molecular flexibility index (Phi) is 3.28. The summed E-state index contributed by atoms with van der Waals surface area (Å²) in [5.41, 5.74) is 0.697. The van der Waals surface area contributed by atoms with Gasteiger partial charge in [0, 0.05) is 18.8 Å². The fourth-order valence-corrected chi connectivity index (χ4v) is 1.22. The van der Waals surface area contributed by atoms with Crippen LogP contribution in [0.25, 0.3) is 0 Å². The van der Waals surface area contributed by atoms with Crippen molar-refractivity contribution in [2.45, 2.75) is 19.4 Å². The van der Waals surface area contributed by atoms with Gasteiger partial charge in [0.15, 0.2) is 0 Å². The molecule has 0 aliphatic rings. The highest BCUT2D eigenvalue weighted by molar-refractivity contribution is 5.75. The first kappa shape index (κ1) is 10.3. The van der Waals surface area contributed by atoms with Gasteiger partial charge in [-0.05, 0) is 12.1 Å². The molecule has 1 aromatic heterocycles. The summed E-state index contributed by atoms with van der Waals surface area (Å²) < 4.78 is 0. The van der Waals surface area contributed by atoms with Crippen molar-refractivity contribution < 1.29 is 14.7 Å². The number of carbonyl (C=O) groups is 2. The van der Waals surface area contributed by atoms with Gasteiger partial charge in [-0.3, -0.25) is 9.59 Å². The number of carboxylic acid groups (broad SMARTS) is 1.